The van der Waals surface area contributed by atoms with Crippen LogP contribution >= 0.6 is 15.9 Å². The molecule has 0 aliphatic carbocycles. The van der Waals surface area contributed by atoms with E-state index in [1.807, 2.05) is 30.8 Å². The third kappa shape index (κ3) is 4.35. The summed E-state index contributed by atoms with van der Waals surface area (Å²) in [6, 6.07) is 11.7. The Morgan fingerprint density at radius 2 is 1.83 bits per heavy atom. The highest BCUT2D eigenvalue weighted by atomic mass is 79.9. The number of aromatic nitrogens is 6. The molecule has 0 unspecified atom stereocenters. The van der Waals surface area contributed by atoms with Gasteiger partial charge in [0.05, 0.1) is 22.4 Å². The lowest BCUT2D eigenvalue weighted by atomic mass is 10.1. The zero-order valence-electron chi connectivity index (χ0n) is 17.0. The van der Waals surface area contributed by atoms with Gasteiger partial charge in [0.15, 0.2) is 11.5 Å². The molecule has 3 heterocycles. The molecule has 0 saturated heterocycles. The van der Waals surface area contributed by atoms with E-state index < -0.39 is 0 Å². The van der Waals surface area contributed by atoms with Gasteiger partial charge in [0.2, 0.25) is 0 Å². The van der Waals surface area contributed by atoms with Crippen LogP contribution in [-0.4, -0.2) is 35.2 Å². The molecule has 3 aromatic heterocycles. The van der Waals surface area contributed by atoms with E-state index in [9.17, 15) is 4.79 Å². The fraction of sp³-hybridized carbons (Fsp3) is 0.238. The summed E-state index contributed by atoms with van der Waals surface area (Å²) in [4.78, 5) is 12.6. The van der Waals surface area contributed by atoms with Crippen molar-refractivity contribution in [3.05, 3.63) is 81.5 Å². The van der Waals surface area contributed by atoms with Crippen molar-refractivity contribution in [1.82, 2.24) is 29.3 Å². The molecule has 1 aromatic carbocycles. The van der Waals surface area contributed by atoms with Gasteiger partial charge in [-0.3, -0.25) is 14.2 Å². The van der Waals surface area contributed by atoms with Crippen LogP contribution in [0, 0.1) is 20.8 Å². The molecule has 1 N–H and O–H groups in total. The van der Waals surface area contributed by atoms with Crippen LogP contribution < -0.4 is 5.32 Å². The first kappa shape index (κ1) is 20.1. The summed E-state index contributed by atoms with van der Waals surface area (Å²) < 4.78 is 6.29. The van der Waals surface area contributed by atoms with Gasteiger partial charge in [-0.15, -0.1) is 0 Å². The van der Waals surface area contributed by atoms with Gasteiger partial charge in [-0.1, -0.05) is 29.8 Å². The van der Waals surface area contributed by atoms with Crippen molar-refractivity contribution >= 4 is 27.7 Å². The lowest BCUT2D eigenvalue weighted by Crippen LogP contribution is -2.16. The van der Waals surface area contributed by atoms with E-state index in [-0.39, 0.29) is 5.91 Å². The van der Waals surface area contributed by atoms with E-state index in [1.54, 1.807) is 27.7 Å². The molecule has 1 amide bonds. The first-order chi connectivity index (χ1) is 14.4. The second-order valence-corrected chi connectivity index (χ2v) is 8.00. The van der Waals surface area contributed by atoms with Crippen molar-refractivity contribution in [1.29, 1.82) is 0 Å². The molecule has 154 valence electrons. The van der Waals surface area contributed by atoms with E-state index >= 15 is 0 Å². The molecular weight excluding hydrogens is 446 g/mol. The minimum absolute atomic E-state index is 0.302. The fourth-order valence-electron chi connectivity index (χ4n) is 3.21. The molecule has 0 radical (unpaired) electrons. The van der Waals surface area contributed by atoms with Crippen LogP contribution in [0.3, 0.4) is 0 Å². The van der Waals surface area contributed by atoms with E-state index in [4.69, 9.17) is 0 Å². The Hall–Kier alpha value is -3.20. The topological polar surface area (TPSA) is 82.6 Å². The second-order valence-electron chi connectivity index (χ2n) is 7.21. The first-order valence-electron chi connectivity index (χ1n) is 9.52. The van der Waals surface area contributed by atoms with Gasteiger partial charge in [-0.05, 0) is 48.3 Å². The van der Waals surface area contributed by atoms with Crippen LogP contribution in [0.5, 0.6) is 0 Å². The minimum atomic E-state index is -0.302. The Morgan fingerprint density at radius 1 is 1.03 bits per heavy atom. The summed E-state index contributed by atoms with van der Waals surface area (Å²) >= 11 is 3.52. The molecule has 30 heavy (non-hydrogen) atoms. The Balaban J connectivity index is 1.40. The van der Waals surface area contributed by atoms with Crippen molar-refractivity contribution in [3.63, 3.8) is 0 Å². The first-order valence-corrected chi connectivity index (χ1v) is 10.3. The number of halogens is 1. The lowest BCUT2D eigenvalue weighted by molar-refractivity contribution is 0.102. The molecule has 0 aliphatic rings. The molecular formula is C21H22BrN7O. The summed E-state index contributed by atoms with van der Waals surface area (Å²) in [6.07, 6.45) is 3.60. The monoisotopic (exact) mass is 467 g/mol. The molecule has 9 heteroatoms. The van der Waals surface area contributed by atoms with Crippen molar-refractivity contribution < 1.29 is 4.79 Å². The number of carbonyl (C=O) groups excluding carboxylic acids is 1. The second kappa shape index (κ2) is 8.27. The molecule has 0 bridgehead atoms. The Morgan fingerprint density at radius 3 is 2.57 bits per heavy atom. The number of hydrogen-bond donors (Lipinski definition) is 1. The summed E-state index contributed by atoms with van der Waals surface area (Å²) in [5.41, 5.74) is 4.61. The van der Waals surface area contributed by atoms with Crippen molar-refractivity contribution in [2.24, 2.45) is 0 Å². The van der Waals surface area contributed by atoms with Gasteiger partial charge in [-0.2, -0.15) is 15.3 Å². The molecule has 0 saturated carbocycles. The van der Waals surface area contributed by atoms with Gasteiger partial charge < -0.3 is 5.32 Å². The zero-order valence-corrected chi connectivity index (χ0v) is 18.6. The summed E-state index contributed by atoms with van der Waals surface area (Å²) in [5, 5.41) is 16.1. The molecule has 8 nitrogen and oxygen atoms in total. The van der Waals surface area contributed by atoms with Gasteiger partial charge in [0.1, 0.15) is 6.67 Å². The Bertz CT molecular complexity index is 1200. The standard InChI is InChI=1S/C21H22BrN7O/c1-14-5-4-6-17(11-14)12-27-10-8-19(26-27)23-21(30)18-7-9-28(25-18)13-29-16(3)20(22)15(2)24-29/h4-11H,12-13H2,1-3H3,(H,23,26,30). The lowest BCUT2D eigenvalue weighted by Gasteiger charge is -2.05. The normalized spacial score (nSPS) is 11.1. The molecule has 0 atom stereocenters. The number of aryl methyl sites for hydroxylation is 2. The Labute approximate surface area is 182 Å². The zero-order chi connectivity index (χ0) is 21.3. The molecule has 0 spiro atoms. The molecule has 4 aromatic rings. The summed E-state index contributed by atoms with van der Waals surface area (Å²) in [6.45, 7) is 7.05. The number of rotatable bonds is 6. The van der Waals surface area contributed by atoms with Crippen LogP contribution in [-0.2, 0) is 13.2 Å². The number of nitrogens with one attached hydrogen (secondary N) is 1. The van der Waals surface area contributed by atoms with Gasteiger partial charge in [-0.25, -0.2) is 4.68 Å². The van der Waals surface area contributed by atoms with Crippen molar-refractivity contribution in [3.8, 4) is 0 Å². The molecule has 4 rings (SSSR count). The number of amides is 1. The highest BCUT2D eigenvalue weighted by Gasteiger charge is 2.13. The predicted molar refractivity (Wildman–Crippen MR) is 117 cm³/mol. The minimum Gasteiger partial charge on any atom is -0.304 e. The molecule has 0 fully saturated rings. The quantitative estimate of drug-likeness (QED) is 0.467. The predicted octanol–water partition coefficient (Wildman–Crippen LogP) is 3.77. The third-order valence-electron chi connectivity index (χ3n) is 4.75. The maximum atomic E-state index is 12.6. The highest BCUT2D eigenvalue weighted by molar-refractivity contribution is 9.10. The average molecular weight is 468 g/mol. The van der Waals surface area contributed by atoms with Crippen LogP contribution in [0.25, 0.3) is 0 Å². The van der Waals surface area contributed by atoms with E-state index in [2.05, 4.69) is 61.7 Å². The van der Waals surface area contributed by atoms with E-state index in [1.165, 1.54) is 5.56 Å². The molecule has 0 aliphatic heterocycles. The van der Waals surface area contributed by atoms with Gasteiger partial charge >= 0.3 is 0 Å². The van der Waals surface area contributed by atoms with Crippen LogP contribution in [0.4, 0.5) is 5.82 Å². The number of benzene rings is 1. The van der Waals surface area contributed by atoms with Crippen LogP contribution in [0.15, 0.2) is 53.3 Å². The van der Waals surface area contributed by atoms with Crippen molar-refractivity contribution in [2.45, 2.75) is 34.0 Å². The number of carbonyl (C=O) groups is 1. The van der Waals surface area contributed by atoms with Gasteiger partial charge in [0, 0.05) is 18.5 Å². The largest absolute Gasteiger partial charge is 0.304 e. The summed E-state index contributed by atoms with van der Waals surface area (Å²) in [7, 11) is 0. The highest BCUT2D eigenvalue weighted by Crippen LogP contribution is 2.19. The fourth-order valence-corrected chi connectivity index (χ4v) is 3.49. The van der Waals surface area contributed by atoms with Crippen LogP contribution in [0.1, 0.15) is 33.0 Å². The number of nitrogens with zero attached hydrogens (tertiary/aromatic N) is 6. The maximum Gasteiger partial charge on any atom is 0.277 e. The maximum absolute atomic E-state index is 12.6. The van der Waals surface area contributed by atoms with E-state index in [0.717, 1.165) is 21.4 Å². The number of hydrogen-bond acceptors (Lipinski definition) is 4. The third-order valence-corrected chi connectivity index (χ3v) is 5.90. The SMILES string of the molecule is Cc1cccc(Cn2ccc(NC(=O)c3ccn(Cn4nc(C)c(Br)c4C)n3)n2)c1. The van der Waals surface area contributed by atoms with Gasteiger partial charge in [0.25, 0.3) is 5.91 Å². The summed E-state index contributed by atoms with van der Waals surface area (Å²) in [5.74, 6) is 0.189. The Kier molecular flexibility index (Phi) is 5.54. The average Bonchev–Trinajstić information content (AvgIpc) is 3.40. The smallest absolute Gasteiger partial charge is 0.277 e. The van der Waals surface area contributed by atoms with E-state index in [0.29, 0.717) is 24.7 Å². The van der Waals surface area contributed by atoms with Crippen molar-refractivity contribution in [2.75, 3.05) is 5.32 Å². The number of anilines is 1. The van der Waals surface area contributed by atoms with Crippen LogP contribution in [0.2, 0.25) is 0 Å².